The predicted octanol–water partition coefficient (Wildman–Crippen LogP) is 2.82. The Morgan fingerprint density at radius 2 is 2.50 bits per heavy atom. The van der Waals surface area contributed by atoms with Crippen molar-refractivity contribution in [2.75, 3.05) is 18.0 Å². The molecule has 1 unspecified atom stereocenters. The van der Waals surface area contributed by atoms with Gasteiger partial charge in [0.25, 0.3) is 0 Å². The molecule has 1 aromatic heterocycles. The summed E-state index contributed by atoms with van der Waals surface area (Å²) >= 11 is 3.45. The molecule has 1 fully saturated rings. The van der Waals surface area contributed by atoms with Gasteiger partial charge in [-0.05, 0) is 45.9 Å². The summed E-state index contributed by atoms with van der Waals surface area (Å²) in [7, 11) is 0. The third-order valence-corrected chi connectivity index (χ3v) is 3.91. The number of carbonyl (C=O) groups is 1. The topological polar surface area (TPSA) is 82.0 Å². The fourth-order valence-corrected chi connectivity index (χ4v) is 2.42. The van der Waals surface area contributed by atoms with Crippen LogP contribution >= 0.6 is 15.9 Å². The lowest BCUT2D eigenvalue weighted by Crippen LogP contribution is -2.26. The van der Waals surface area contributed by atoms with Crippen LogP contribution in [-0.4, -0.2) is 24.0 Å². The molecule has 0 radical (unpaired) electrons. The van der Waals surface area contributed by atoms with Crippen molar-refractivity contribution in [3.63, 3.8) is 0 Å². The molecule has 1 aliphatic rings. The number of azide groups is 1. The van der Waals surface area contributed by atoms with E-state index in [9.17, 15) is 4.79 Å². The van der Waals surface area contributed by atoms with Gasteiger partial charge in [0.15, 0.2) is 0 Å². The van der Waals surface area contributed by atoms with Crippen molar-refractivity contribution >= 4 is 27.7 Å². The van der Waals surface area contributed by atoms with E-state index in [1.807, 2.05) is 13.0 Å². The summed E-state index contributed by atoms with van der Waals surface area (Å²) in [5.74, 6) is 0.734. The molecular weight excluding hydrogens is 298 g/mol. The predicted molar refractivity (Wildman–Crippen MR) is 71.1 cm³/mol. The Kier molecular flexibility index (Phi) is 3.84. The first kappa shape index (κ1) is 12.9. The van der Waals surface area contributed by atoms with Crippen LogP contribution in [0.2, 0.25) is 0 Å². The summed E-state index contributed by atoms with van der Waals surface area (Å²) < 4.78 is 0.836. The summed E-state index contributed by atoms with van der Waals surface area (Å²) in [5, 5.41) is 3.53. The summed E-state index contributed by atoms with van der Waals surface area (Å²) in [4.78, 5) is 20.6. The number of amides is 1. The van der Waals surface area contributed by atoms with Gasteiger partial charge in [-0.1, -0.05) is 5.11 Å². The Labute approximate surface area is 113 Å². The lowest BCUT2D eigenvalue weighted by Gasteiger charge is -2.17. The maximum Gasteiger partial charge on any atom is 0.228 e. The summed E-state index contributed by atoms with van der Waals surface area (Å²) in [6, 6.07) is 1.88. The molecule has 1 atom stereocenters. The molecular formula is C11H12BrN5O. The zero-order valence-corrected chi connectivity index (χ0v) is 11.5. The van der Waals surface area contributed by atoms with E-state index in [1.54, 1.807) is 11.1 Å². The first-order valence-electron chi connectivity index (χ1n) is 5.55. The molecule has 2 rings (SSSR count). The van der Waals surface area contributed by atoms with E-state index in [4.69, 9.17) is 5.53 Å². The molecule has 2 heterocycles. The summed E-state index contributed by atoms with van der Waals surface area (Å²) in [5.41, 5.74) is 9.33. The maximum atomic E-state index is 11.9. The molecule has 0 bridgehead atoms. The molecule has 1 aromatic rings. The van der Waals surface area contributed by atoms with Gasteiger partial charge in [-0.3, -0.25) is 9.69 Å². The molecule has 0 saturated carbocycles. The lowest BCUT2D eigenvalue weighted by atomic mass is 10.1. The second-order valence-corrected chi connectivity index (χ2v) is 5.05. The number of halogens is 1. The first-order chi connectivity index (χ1) is 8.63. The fourth-order valence-electron chi connectivity index (χ4n) is 1.97. The number of pyridine rings is 1. The smallest absolute Gasteiger partial charge is 0.228 e. The van der Waals surface area contributed by atoms with Crippen LogP contribution in [0.25, 0.3) is 10.4 Å². The van der Waals surface area contributed by atoms with Crippen molar-refractivity contribution in [1.82, 2.24) is 4.98 Å². The van der Waals surface area contributed by atoms with Crippen LogP contribution in [0, 0.1) is 12.8 Å². The van der Waals surface area contributed by atoms with Gasteiger partial charge in [-0.15, -0.1) is 0 Å². The highest BCUT2D eigenvalue weighted by molar-refractivity contribution is 9.10. The van der Waals surface area contributed by atoms with Gasteiger partial charge in [0.2, 0.25) is 5.91 Å². The van der Waals surface area contributed by atoms with Crippen LogP contribution in [0.3, 0.4) is 0 Å². The van der Waals surface area contributed by atoms with Crippen LogP contribution in [0.1, 0.15) is 12.0 Å². The molecule has 0 spiro atoms. The third-order valence-electron chi connectivity index (χ3n) is 2.93. The number of aromatic nitrogens is 1. The highest BCUT2D eigenvalue weighted by Crippen LogP contribution is 2.31. The zero-order valence-electron chi connectivity index (χ0n) is 9.88. The van der Waals surface area contributed by atoms with E-state index in [2.05, 4.69) is 30.9 Å². The maximum absolute atomic E-state index is 11.9. The van der Waals surface area contributed by atoms with Gasteiger partial charge in [-0.2, -0.15) is 0 Å². The number of rotatable bonds is 3. The van der Waals surface area contributed by atoms with Crippen LogP contribution in [0.15, 0.2) is 21.9 Å². The number of aryl methyl sites for hydroxylation is 1. The van der Waals surface area contributed by atoms with E-state index in [-0.39, 0.29) is 11.8 Å². The van der Waals surface area contributed by atoms with Crippen LogP contribution in [0.4, 0.5) is 5.82 Å². The Balaban J connectivity index is 2.21. The minimum atomic E-state index is 0.0203. The normalized spacial score (nSPS) is 18.9. The van der Waals surface area contributed by atoms with Crippen LogP contribution in [-0.2, 0) is 4.79 Å². The zero-order chi connectivity index (χ0) is 13.1. The minimum absolute atomic E-state index is 0.0203. The molecule has 1 aliphatic heterocycles. The van der Waals surface area contributed by atoms with Gasteiger partial charge >= 0.3 is 0 Å². The minimum Gasteiger partial charge on any atom is -0.296 e. The Bertz CT molecular complexity index is 526. The van der Waals surface area contributed by atoms with E-state index in [1.165, 1.54) is 0 Å². The van der Waals surface area contributed by atoms with Gasteiger partial charge in [-0.25, -0.2) is 4.98 Å². The molecule has 1 saturated heterocycles. The molecule has 6 nitrogen and oxygen atoms in total. The van der Waals surface area contributed by atoms with Gasteiger partial charge in [0.05, 0.1) is 4.47 Å². The van der Waals surface area contributed by atoms with E-state index < -0.39 is 0 Å². The van der Waals surface area contributed by atoms with Crippen LogP contribution < -0.4 is 4.90 Å². The standard InChI is InChI=1S/C11H12BrN5O/c1-7-2-3-14-11(10(7)12)17-6-8(4-9(17)18)5-15-16-13/h2-3,8H,4-6H2,1H3. The molecule has 18 heavy (non-hydrogen) atoms. The number of hydrogen-bond acceptors (Lipinski definition) is 3. The van der Waals surface area contributed by atoms with Crippen molar-refractivity contribution in [3.8, 4) is 0 Å². The molecule has 0 aliphatic carbocycles. The average Bonchev–Trinajstić information content (AvgIpc) is 2.71. The first-order valence-corrected chi connectivity index (χ1v) is 6.35. The monoisotopic (exact) mass is 309 g/mol. The highest BCUT2D eigenvalue weighted by atomic mass is 79.9. The van der Waals surface area contributed by atoms with Gasteiger partial charge in [0.1, 0.15) is 5.82 Å². The van der Waals surface area contributed by atoms with E-state index in [0.29, 0.717) is 25.3 Å². The van der Waals surface area contributed by atoms with Gasteiger partial charge < -0.3 is 0 Å². The van der Waals surface area contributed by atoms with Crippen LogP contribution in [0.5, 0.6) is 0 Å². The Morgan fingerprint density at radius 3 is 3.22 bits per heavy atom. The molecule has 94 valence electrons. The number of carbonyl (C=O) groups excluding carboxylic acids is 1. The quantitative estimate of drug-likeness (QED) is 0.488. The van der Waals surface area contributed by atoms with E-state index >= 15 is 0 Å². The fraction of sp³-hybridized carbons (Fsp3) is 0.455. The summed E-state index contributed by atoms with van der Waals surface area (Å²) in [6.45, 7) is 2.85. The number of anilines is 1. The molecule has 7 heteroatoms. The van der Waals surface area contributed by atoms with Gasteiger partial charge in [0, 0.05) is 30.6 Å². The second-order valence-electron chi connectivity index (χ2n) is 4.25. The van der Waals surface area contributed by atoms with Crippen molar-refractivity contribution < 1.29 is 4.79 Å². The van der Waals surface area contributed by atoms with E-state index in [0.717, 1.165) is 10.0 Å². The largest absolute Gasteiger partial charge is 0.296 e. The molecule has 1 amide bonds. The lowest BCUT2D eigenvalue weighted by molar-refractivity contribution is -0.117. The number of hydrogen-bond donors (Lipinski definition) is 0. The van der Waals surface area contributed by atoms with Crippen molar-refractivity contribution in [2.24, 2.45) is 11.0 Å². The number of nitrogens with zero attached hydrogens (tertiary/aromatic N) is 5. The van der Waals surface area contributed by atoms with Crippen molar-refractivity contribution in [1.29, 1.82) is 0 Å². The average molecular weight is 310 g/mol. The molecule has 0 N–H and O–H groups in total. The third kappa shape index (κ3) is 2.47. The SMILES string of the molecule is Cc1ccnc(N2CC(CN=[N+]=[N-])CC2=O)c1Br. The Morgan fingerprint density at radius 1 is 1.72 bits per heavy atom. The van der Waals surface area contributed by atoms with Crippen molar-refractivity contribution in [2.45, 2.75) is 13.3 Å². The highest BCUT2D eigenvalue weighted by Gasteiger charge is 2.32. The Hall–Kier alpha value is -1.59. The summed E-state index contributed by atoms with van der Waals surface area (Å²) in [6.07, 6.45) is 2.09. The van der Waals surface area contributed by atoms with Crippen molar-refractivity contribution in [3.05, 3.63) is 32.7 Å². The second kappa shape index (κ2) is 5.37. The molecule has 0 aromatic carbocycles.